The number of imide groups is 1. The average molecular weight is 312 g/mol. The van der Waals surface area contributed by atoms with Crippen molar-refractivity contribution in [3.8, 4) is 0 Å². The summed E-state index contributed by atoms with van der Waals surface area (Å²) in [6, 6.07) is 0. The topological polar surface area (TPSA) is 111 Å². The zero-order valence-corrected chi connectivity index (χ0v) is 13.9. The summed E-state index contributed by atoms with van der Waals surface area (Å²) in [6.07, 6.45) is 11.4. The second kappa shape index (κ2) is 14.4. The minimum Gasteiger partial charge on any atom is -0.370 e. The minimum absolute atomic E-state index is 0.0474. The Morgan fingerprint density at radius 1 is 0.818 bits per heavy atom. The molecule has 5 N–H and O–H groups in total. The molecule has 0 unspecified atom stereocenters. The van der Waals surface area contributed by atoms with E-state index in [1.807, 2.05) is 0 Å². The molecule has 0 aromatic carbocycles. The fraction of sp³-hybridized carbons (Fsp3) is 0.812. The van der Waals surface area contributed by atoms with Gasteiger partial charge in [-0.2, -0.15) is 0 Å². The van der Waals surface area contributed by atoms with Crippen LogP contribution in [-0.2, 0) is 9.59 Å². The van der Waals surface area contributed by atoms with Gasteiger partial charge in [0, 0.05) is 12.8 Å². The van der Waals surface area contributed by atoms with E-state index in [0.29, 0.717) is 6.42 Å². The van der Waals surface area contributed by atoms with Crippen LogP contribution in [-0.4, -0.2) is 24.3 Å². The molecule has 6 nitrogen and oxygen atoms in total. The molecule has 0 saturated heterocycles. The Morgan fingerprint density at radius 2 is 1.32 bits per heavy atom. The van der Waals surface area contributed by atoms with Crippen LogP contribution in [0.5, 0.6) is 0 Å². The van der Waals surface area contributed by atoms with E-state index in [9.17, 15) is 9.59 Å². The summed E-state index contributed by atoms with van der Waals surface area (Å²) in [5.41, 5.74) is 10.3. The molecule has 2 amide bonds. The Kier molecular flexibility index (Phi) is 13.3. The number of guanidine groups is 1. The maximum atomic E-state index is 11.5. The third-order valence-corrected chi connectivity index (χ3v) is 3.42. The number of unbranched alkanes of at least 4 members (excludes halogenated alkanes) is 8. The van der Waals surface area contributed by atoms with Gasteiger partial charge >= 0.3 is 0 Å². The SMILES string of the molecule is CCCCCCCCCCCC(=O)NC(=O)CCN=C(N)N. The van der Waals surface area contributed by atoms with Crippen LogP contribution in [0.1, 0.15) is 77.6 Å². The molecule has 6 heteroatoms. The summed E-state index contributed by atoms with van der Waals surface area (Å²) < 4.78 is 0. The lowest BCUT2D eigenvalue weighted by molar-refractivity contribution is -0.130. The van der Waals surface area contributed by atoms with Crippen LogP contribution >= 0.6 is 0 Å². The Morgan fingerprint density at radius 3 is 1.86 bits per heavy atom. The van der Waals surface area contributed by atoms with Gasteiger partial charge in [0.1, 0.15) is 0 Å². The third kappa shape index (κ3) is 14.8. The molecule has 0 fully saturated rings. The van der Waals surface area contributed by atoms with Crippen molar-refractivity contribution in [2.75, 3.05) is 6.54 Å². The normalized spacial score (nSPS) is 10.2. The van der Waals surface area contributed by atoms with E-state index in [0.717, 1.165) is 19.3 Å². The number of nitrogens with one attached hydrogen (secondary N) is 1. The molecule has 0 radical (unpaired) electrons. The highest BCUT2D eigenvalue weighted by Crippen LogP contribution is 2.10. The Balaban J connectivity index is 3.42. The lowest BCUT2D eigenvalue weighted by atomic mass is 10.1. The van der Waals surface area contributed by atoms with Crippen molar-refractivity contribution in [2.45, 2.75) is 77.6 Å². The fourth-order valence-electron chi connectivity index (χ4n) is 2.16. The number of rotatable bonds is 13. The van der Waals surface area contributed by atoms with Crippen molar-refractivity contribution in [1.82, 2.24) is 5.32 Å². The molecule has 0 aliphatic heterocycles. The van der Waals surface area contributed by atoms with Gasteiger partial charge in [-0.25, -0.2) is 0 Å². The third-order valence-electron chi connectivity index (χ3n) is 3.42. The zero-order valence-electron chi connectivity index (χ0n) is 13.9. The van der Waals surface area contributed by atoms with Gasteiger partial charge in [0.2, 0.25) is 11.8 Å². The van der Waals surface area contributed by atoms with Gasteiger partial charge in [-0.3, -0.25) is 19.9 Å². The molecule has 0 saturated carbocycles. The highest BCUT2D eigenvalue weighted by atomic mass is 16.2. The van der Waals surface area contributed by atoms with Crippen LogP contribution in [0.4, 0.5) is 0 Å². The molecule has 0 aliphatic carbocycles. The van der Waals surface area contributed by atoms with Crippen LogP contribution in [0.25, 0.3) is 0 Å². The van der Waals surface area contributed by atoms with E-state index in [1.54, 1.807) is 0 Å². The first kappa shape index (κ1) is 20.4. The van der Waals surface area contributed by atoms with Crippen molar-refractivity contribution < 1.29 is 9.59 Å². The summed E-state index contributed by atoms with van der Waals surface area (Å²) in [7, 11) is 0. The molecule has 0 atom stereocenters. The quantitative estimate of drug-likeness (QED) is 0.275. The second-order valence-corrected chi connectivity index (χ2v) is 5.61. The van der Waals surface area contributed by atoms with E-state index < -0.39 is 0 Å². The van der Waals surface area contributed by atoms with Gasteiger partial charge in [0.15, 0.2) is 5.96 Å². The second-order valence-electron chi connectivity index (χ2n) is 5.61. The standard InChI is InChI=1S/C16H32N4O2/c1-2-3-4-5-6-7-8-9-10-11-14(21)20-15(22)12-13-19-16(17)18/h2-13H2,1H3,(H4,17,18,19)(H,20,21,22). The molecule has 0 heterocycles. The maximum absolute atomic E-state index is 11.5. The number of carbonyl (C=O) groups is 2. The van der Waals surface area contributed by atoms with Gasteiger partial charge in [-0.15, -0.1) is 0 Å². The molecular weight excluding hydrogens is 280 g/mol. The van der Waals surface area contributed by atoms with E-state index in [-0.39, 0.29) is 30.7 Å². The molecule has 0 aliphatic rings. The summed E-state index contributed by atoms with van der Waals surface area (Å²) in [5, 5.41) is 2.35. The molecule has 128 valence electrons. The number of amides is 2. The van der Waals surface area contributed by atoms with E-state index in [2.05, 4.69) is 17.2 Å². The number of nitrogens with two attached hydrogens (primary N) is 2. The van der Waals surface area contributed by atoms with E-state index in [4.69, 9.17) is 11.5 Å². The van der Waals surface area contributed by atoms with Crippen LogP contribution < -0.4 is 16.8 Å². The predicted octanol–water partition coefficient (Wildman–Crippen LogP) is 2.21. The summed E-state index contributed by atoms with van der Waals surface area (Å²) in [5.74, 6) is -0.586. The van der Waals surface area contributed by atoms with E-state index >= 15 is 0 Å². The largest absolute Gasteiger partial charge is 0.370 e. The average Bonchev–Trinajstić information content (AvgIpc) is 2.45. The van der Waals surface area contributed by atoms with Crippen molar-refractivity contribution in [3.05, 3.63) is 0 Å². The molecule has 0 bridgehead atoms. The highest BCUT2D eigenvalue weighted by molar-refractivity contribution is 5.95. The molecule has 0 aromatic rings. The number of hydrogen-bond donors (Lipinski definition) is 3. The Labute approximate surface area is 134 Å². The number of nitrogens with zero attached hydrogens (tertiary/aromatic N) is 1. The zero-order chi connectivity index (χ0) is 16.6. The van der Waals surface area contributed by atoms with Crippen molar-refractivity contribution in [1.29, 1.82) is 0 Å². The van der Waals surface area contributed by atoms with Crippen molar-refractivity contribution >= 4 is 17.8 Å². The predicted molar refractivity (Wildman–Crippen MR) is 90.3 cm³/mol. The monoisotopic (exact) mass is 312 g/mol. The Bertz CT molecular complexity index is 339. The van der Waals surface area contributed by atoms with Gasteiger partial charge in [-0.05, 0) is 6.42 Å². The minimum atomic E-state index is -0.328. The maximum Gasteiger partial charge on any atom is 0.228 e. The Hall–Kier alpha value is -1.59. The van der Waals surface area contributed by atoms with Gasteiger partial charge < -0.3 is 11.5 Å². The highest BCUT2D eigenvalue weighted by Gasteiger charge is 2.06. The van der Waals surface area contributed by atoms with Crippen molar-refractivity contribution in [3.63, 3.8) is 0 Å². The fourth-order valence-corrected chi connectivity index (χ4v) is 2.16. The van der Waals surface area contributed by atoms with Crippen LogP contribution in [0.2, 0.25) is 0 Å². The number of aliphatic imine (C=N–C) groups is 1. The number of carbonyl (C=O) groups excluding carboxylic acids is 2. The molecule has 0 spiro atoms. The first-order valence-electron chi connectivity index (χ1n) is 8.44. The van der Waals surface area contributed by atoms with Crippen LogP contribution in [0.15, 0.2) is 4.99 Å². The lowest BCUT2D eigenvalue weighted by Gasteiger charge is -2.04. The smallest absolute Gasteiger partial charge is 0.228 e. The molecule has 0 rings (SSSR count). The van der Waals surface area contributed by atoms with Crippen LogP contribution in [0, 0.1) is 0 Å². The van der Waals surface area contributed by atoms with E-state index in [1.165, 1.54) is 38.5 Å². The van der Waals surface area contributed by atoms with Gasteiger partial charge in [-0.1, -0.05) is 58.3 Å². The summed E-state index contributed by atoms with van der Waals surface area (Å²) in [4.78, 5) is 26.6. The van der Waals surface area contributed by atoms with Crippen molar-refractivity contribution in [2.24, 2.45) is 16.5 Å². The summed E-state index contributed by atoms with van der Waals surface area (Å²) >= 11 is 0. The number of hydrogen-bond acceptors (Lipinski definition) is 3. The first-order valence-corrected chi connectivity index (χ1v) is 8.44. The van der Waals surface area contributed by atoms with Gasteiger partial charge in [0.05, 0.1) is 6.54 Å². The molecular formula is C16H32N4O2. The molecule has 0 aromatic heterocycles. The lowest BCUT2D eigenvalue weighted by Crippen LogP contribution is -2.31. The summed E-state index contributed by atoms with van der Waals surface area (Å²) in [6.45, 7) is 2.43. The first-order chi connectivity index (χ1) is 10.6. The van der Waals surface area contributed by atoms with Gasteiger partial charge in [0.25, 0.3) is 0 Å². The molecule has 22 heavy (non-hydrogen) atoms. The van der Waals surface area contributed by atoms with Crippen LogP contribution in [0.3, 0.4) is 0 Å².